The van der Waals surface area contributed by atoms with Crippen LogP contribution in [-0.4, -0.2) is 29.8 Å². The Morgan fingerprint density at radius 2 is 2.20 bits per heavy atom. The Balaban J connectivity index is 2.31. The molecule has 2 atom stereocenters. The van der Waals surface area contributed by atoms with Crippen molar-refractivity contribution >= 4 is 17.7 Å². The van der Waals surface area contributed by atoms with Gasteiger partial charge in [-0.25, -0.2) is 4.79 Å². The molecule has 0 radical (unpaired) electrons. The van der Waals surface area contributed by atoms with Crippen LogP contribution in [0.5, 0.6) is 0 Å². The fraction of sp³-hybridized carbons (Fsp3) is 0.900. The lowest BCUT2D eigenvalue weighted by Crippen LogP contribution is -2.51. The van der Waals surface area contributed by atoms with Crippen molar-refractivity contribution in [1.29, 1.82) is 0 Å². The van der Waals surface area contributed by atoms with E-state index in [2.05, 4.69) is 10.6 Å². The van der Waals surface area contributed by atoms with Crippen LogP contribution in [0.3, 0.4) is 0 Å². The van der Waals surface area contributed by atoms with Crippen molar-refractivity contribution in [3.8, 4) is 0 Å². The zero-order valence-corrected chi connectivity index (χ0v) is 10.2. The highest BCUT2D eigenvalue weighted by Crippen LogP contribution is 2.13. The molecule has 0 saturated carbocycles. The van der Waals surface area contributed by atoms with E-state index in [4.69, 9.17) is 16.3 Å². The number of amides is 1. The number of halogens is 1. The first-order chi connectivity index (χ1) is 6.87. The number of hydrogen-bond acceptors (Lipinski definition) is 3. The number of nitrogens with one attached hydrogen (secondary N) is 2. The van der Waals surface area contributed by atoms with Gasteiger partial charge in [0, 0.05) is 5.38 Å². The topological polar surface area (TPSA) is 50.4 Å². The first kappa shape index (κ1) is 12.6. The third-order valence-corrected chi connectivity index (χ3v) is 2.43. The number of carbonyl (C=O) groups excluding carboxylic acids is 1. The van der Waals surface area contributed by atoms with Crippen molar-refractivity contribution in [3.05, 3.63) is 0 Å². The summed E-state index contributed by atoms with van der Waals surface area (Å²) in [5.74, 6) is 0. The monoisotopic (exact) mass is 234 g/mol. The Morgan fingerprint density at radius 1 is 1.53 bits per heavy atom. The van der Waals surface area contributed by atoms with Gasteiger partial charge in [0.1, 0.15) is 5.60 Å². The highest BCUT2D eigenvalue weighted by molar-refractivity contribution is 6.20. The Bertz CT molecular complexity index is 228. The summed E-state index contributed by atoms with van der Waals surface area (Å²) in [6, 6.07) is 0. The standard InChI is InChI=1S/C10H19ClN2O2/c1-10(2,3)15-9(14)13-8-6-7(11)4-5-12-8/h7-8,12H,4-6H2,1-3H3,(H,13,14). The van der Waals surface area contributed by atoms with E-state index in [0.717, 1.165) is 19.4 Å². The van der Waals surface area contributed by atoms with Crippen LogP contribution in [0.25, 0.3) is 0 Å². The summed E-state index contributed by atoms with van der Waals surface area (Å²) < 4.78 is 5.14. The maximum atomic E-state index is 11.4. The summed E-state index contributed by atoms with van der Waals surface area (Å²) in [4.78, 5) is 11.4. The number of piperidine rings is 1. The highest BCUT2D eigenvalue weighted by atomic mass is 35.5. The van der Waals surface area contributed by atoms with Gasteiger partial charge in [0.05, 0.1) is 6.17 Å². The second-order valence-corrected chi connectivity index (χ2v) is 5.39. The number of ether oxygens (including phenoxy) is 1. The molecule has 0 aromatic heterocycles. The first-order valence-electron chi connectivity index (χ1n) is 5.24. The van der Waals surface area contributed by atoms with Crippen molar-refractivity contribution in [1.82, 2.24) is 10.6 Å². The molecule has 0 aromatic rings. The molecule has 1 heterocycles. The molecule has 0 aromatic carbocycles. The Labute approximate surface area is 95.7 Å². The Hall–Kier alpha value is -0.480. The zero-order valence-electron chi connectivity index (χ0n) is 9.47. The van der Waals surface area contributed by atoms with E-state index in [1.165, 1.54) is 0 Å². The van der Waals surface area contributed by atoms with Gasteiger partial charge >= 0.3 is 6.09 Å². The minimum Gasteiger partial charge on any atom is -0.444 e. The minimum absolute atomic E-state index is 0.0731. The average molecular weight is 235 g/mol. The quantitative estimate of drug-likeness (QED) is 0.681. The third-order valence-electron chi connectivity index (χ3n) is 2.03. The summed E-state index contributed by atoms with van der Waals surface area (Å²) in [6.07, 6.45) is 1.20. The van der Waals surface area contributed by atoms with Gasteiger partial charge in [0.25, 0.3) is 0 Å². The molecule has 88 valence electrons. The maximum Gasteiger partial charge on any atom is 0.408 e. The summed E-state index contributed by atoms with van der Waals surface area (Å²) in [5, 5.41) is 6.05. The van der Waals surface area contributed by atoms with E-state index in [9.17, 15) is 4.79 Å². The smallest absolute Gasteiger partial charge is 0.408 e. The predicted octanol–water partition coefficient (Wildman–Crippen LogP) is 1.83. The second kappa shape index (κ2) is 5.03. The summed E-state index contributed by atoms with van der Waals surface area (Å²) in [7, 11) is 0. The molecule has 1 saturated heterocycles. The number of alkyl carbamates (subject to hydrolysis) is 1. The van der Waals surface area contributed by atoms with E-state index in [1.807, 2.05) is 20.8 Å². The molecule has 1 rings (SSSR count). The summed E-state index contributed by atoms with van der Waals surface area (Å²) >= 11 is 6.00. The van der Waals surface area contributed by atoms with Crippen LogP contribution in [0, 0.1) is 0 Å². The van der Waals surface area contributed by atoms with Crippen LogP contribution >= 0.6 is 11.6 Å². The summed E-state index contributed by atoms with van der Waals surface area (Å²) in [6.45, 7) is 6.34. The minimum atomic E-state index is -0.459. The Kier molecular flexibility index (Phi) is 4.22. The molecular weight excluding hydrogens is 216 g/mol. The lowest BCUT2D eigenvalue weighted by atomic mass is 10.1. The second-order valence-electron chi connectivity index (χ2n) is 4.77. The molecule has 2 unspecified atom stereocenters. The van der Waals surface area contributed by atoms with Crippen molar-refractivity contribution in [2.24, 2.45) is 0 Å². The van der Waals surface area contributed by atoms with Crippen molar-refractivity contribution in [2.45, 2.75) is 50.8 Å². The molecule has 2 N–H and O–H groups in total. The van der Waals surface area contributed by atoms with Gasteiger partial charge in [-0.1, -0.05) is 0 Å². The van der Waals surface area contributed by atoms with Gasteiger partial charge in [-0.05, 0) is 40.2 Å². The third kappa shape index (κ3) is 5.23. The molecule has 4 nitrogen and oxygen atoms in total. The fourth-order valence-corrected chi connectivity index (χ4v) is 1.72. The van der Waals surface area contributed by atoms with Crippen LogP contribution in [0.1, 0.15) is 33.6 Å². The van der Waals surface area contributed by atoms with Gasteiger partial charge in [-0.2, -0.15) is 0 Å². The Morgan fingerprint density at radius 3 is 2.73 bits per heavy atom. The van der Waals surface area contributed by atoms with Crippen molar-refractivity contribution < 1.29 is 9.53 Å². The SMILES string of the molecule is CC(C)(C)OC(=O)NC1CC(Cl)CCN1. The van der Waals surface area contributed by atoms with Crippen LogP contribution in [-0.2, 0) is 4.74 Å². The number of hydrogen-bond donors (Lipinski definition) is 2. The number of rotatable bonds is 1. The lowest BCUT2D eigenvalue weighted by Gasteiger charge is -2.29. The van der Waals surface area contributed by atoms with Gasteiger partial charge in [0.2, 0.25) is 0 Å². The molecule has 0 spiro atoms. The van der Waals surface area contributed by atoms with E-state index in [1.54, 1.807) is 0 Å². The molecule has 0 bridgehead atoms. The molecule has 1 amide bonds. The lowest BCUT2D eigenvalue weighted by molar-refractivity contribution is 0.0486. The summed E-state index contributed by atoms with van der Waals surface area (Å²) in [5.41, 5.74) is -0.459. The molecule has 15 heavy (non-hydrogen) atoms. The molecule has 1 fully saturated rings. The zero-order chi connectivity index (χ0) is 11.5. The van der Waals surface area contributed by atoms with Crippen LogP contribution in [0.4, 0.5) is 4.79 Å². The predicted molar refractivity (Wildman–Crippen MR) is 60.0 cm³/mol. The van der Waals surface area contributed by atoms with Gasteiger partial charge in [0.15, 0.2) is 0 Å². The van der Waals surface area contributed by atoms with Crippen LogP contribution < -0.4 is 10.6 Å². The number of alkyl halides is 1. The van der Waals surface area contributed by atoms with E-state index < -0.39 is 11.7 Å². The molecular formula is C10H19ClN2O2. The van der Waals surface area contributed by atoms with E-state index in [-0.39, 0.29) is 11.5 Å². The van der Waals surface area contributed by atoms with E-state index in [0.29, 0.717) is 0 Å². The maximum absolute atomic E-state index is 11.4. The molecule has 1 aliphatic rings. The van der Waals surface area contributed by atoms with Gasteiger partial charge < -0.3 is 10.1 Å². The molecule has 5 heteroatoms. The van der Waals surface area contributed by atoms with Crippen LogP contribution in [0.15, 0.2) is 0 Å². The fourth-order valence-electron chi connectivity index (χ4n) is 1.43. The van der Waals surface area contributed by atoms with Crippen molar-refractivity contribution in [3.63, 3.8) is 0 Å². The molecule has 0 aliphatic carbocycles. The first-order valence-corrected chi connectivity index (χ1v) is 5.67. The van der Waals surface area contributed by atoms with Gasteiger partial charge in [-0.15, -0.1) is 11.6 Å². The van der Waals surface area contributed by atoms with Gasteiger partial charge in [-0.3, -0.25) is 5.32 Å². The van der Waals surface area contributed by atoms with Crippen molar-refractivity contribution in [2.75, 3.05) is 6.54 Å². The highest BCUT2D eigenvalue weighted by Gasteiger charge is 2.23. The van der Waals surface area contributed by atoms with E-state index >= 15 is 0 Å². The average Bonchev–Trinajstić information content (AvgIpc) is 1.99. The number of carbonyl (C=O) groups is 1. The van der Waals surface area contributed by atoms with Crippen LogP contribution in [0.2, 0.25) is 0 Å². The normalized spacial score (nSPS) is 27.2. The largest absolute Gasteiger partial charge is 0.444 e. The molecule has 1 aliphatic heterocycles.